The Labute approximate surface area is 216 Å². The van der Waals surface area contributed by atoms with E-state index in [-0.39, 0.29) is 11.7 Å². The zero-order chi connectivity index (χ0) is 25.8. The van der Waals surface area contributed by atoms with Crippen molar-refractivity contribution in [2.75, 3.05) is 38.2 Å². The Morgan fingerprint density at radius 2 is 1.65 bits per heavy atom. The lowest BCUT2D eigenvalue weighted by Gasteiger charge is -2.36. The van der Waals surface area contributed by atoms with E-state index in [1.165, 1.54) is 24.3 Å². The predicted molar refractivity (Wildman–Crippen MR) is 143 cm³/mol. The zero-order valence-electron chi connectivity index (χ0n) is 21.0. The summed E-state index contributed by atoms with van der Waals surface area (Å²) in [6.45, 7) is 4.42. The predicted octanol–water partition coefficient (Wildman–Crippen LogP) is 5.15. The van der Waals surface area contributed by atoms with Gasteiger partial charge in [0.15, 0.2) is 5.82 Å². The van der Waals surface area contributed by atoms with Crippen molar-refractivity contribution in [2.45, 2.75) is 13.3 Å². The van der Waals surface area contributed by atoms with E-state index in [1.54, 1.807) is 7.11 Å². The van der Waals surface area contributed by atoms with E-state index in [1.807, 2.05) is 60.4 Å². The van der Waals surface area contributed by atoms with Gasteiger partial charge >= 0.3 is 0 Å². The minimum Gasteiger partial charge on any atom is -0.497 e. The van der Waals surface area contributed by atoms with Crippen molar-refractivity contribution in [1.29, 1.82) is 0 Å². The van der Waals surface area contributed by atoms with Gasteiger partial charge < -0.3 is 14.5 Å². The summed E-state index contributed by atoms with van der Waals surface area (Å²) < 4.78 is 18.7. The summed E-state index contributed by atoms with van der Waals surface area (Å²) in [5, 5.41) is 0. The molecule has 0 bridgehead atoms. The van der Waals surface area contributed by atoms with Gasteiger partial charge in [0.2, 0.25) is 0 Å². The molecule has 188 valence electrons. The third-order valence-corrected chi connectivity index (χ3v) is 6.70. The molecule has 0 saturated carbocycles. The highest BCUT2D eigenvalue weighted by Gasteiger charge is 2.26. The van der Waals surface area contributed by atoms with Crippen LogP contribution in [0.2, 0.25) is 0 Å². The van der Waals surface area contributed by atoms with Crippen LogP contribution >= 0.6 is 0 Å². The fourth-order valence-electron chi connectivity index (χ4n) is 4.65. The van der Waals surface area contributed by atoms with Crippen LogP contribution in [0.3, 0.4) is 0 Å². The van der Waals surface area contributed by atoms with Gasteiger partial charge in [-0.25, -0.2) is 14.4 Å². The molecule has 1 saturated heterocycles. The maximum atomic E-state index is 13.3. The zero-order valence-corrected chi connectivity index (χ0v) is 21.0. The van der Waals surface area contributed by atoms with E-state index in [0.717, 1.165) is 34.0 Å². The molecule has 6 nitrogen and oxygen atoms in total. The van der Waals surface area contributed by atoms with E-state index in [2.05, 4.69) is 11.0 Å². The summed E-state index contributed by atoms with van der Waals surface area (Å²) in [5.41, 5.74) is 4.57. The Bertz CT molecular complexity index is 1380. The van der Waals surface area contributed by atoms with Gasteiger partial charge in [-0.3, -0.25) is 4.79 Å². The first-order valence-electron chi connectivity index (χ1n) is 12.4. The number of amides is 1. The number of halogens is 1. The third-order valence-electron chi connectivity index (χ3n) is 6.70. The van der Waals surface area contributed by atoms with Crippen LogP contribution in [0.4, 0.5) is 10.2 Å². The normalized spacial score (nSPS) is 13.5. The first-order valence-corrected chi connectivity index (χ1v) is 12.4. The number of benzene rings is 3. The summed E-state index contributed by atoms with van der Waals surface area (Å²) >= 11 is 0. The summed E-state index contributed by atoms with van der Waals surface area (Å²) in [6, 6.07) is 23.7. The molecule has 5 rings (SSSR count). The molecule has 0 spiro atoms. The largest absolute Gasteiger partial charge is 0.497 e. The first kappa shape index (κ1) is 24.4. The van der Waals surface area contributed by atoms with Crippen molar-refractivity contribution in [3.8, 4) is 17.1 Å². The second kappa shape index (κ2) is 10.8. The van der Waals surface area contributed by atoms with E-state index >= 15 is 0 Å². The van der Waals surface area contributed by atoms with Crippen LogP contribution in [-0.4, -0.2) is 54.1 Å². The first-order chi connectivity index (χ1) is 18.0. The lowest BCUT2D eigenvalue weighted by atomic mass is 10.0. The molecule has 1 aliphatic heterocycles. The number of rotatable bonds is 6. The van der Waals surface area contributed by atoms with Crippen LogP contribution in [0, 0.1) is 12.7 Å². The average molecular weight is 497 g/mol. The van der Waals surface area contributed by atoms with Crippen molar-refractivity contribution in [1.82, 2.24) is 14.9 Å². The maximum absolute atomic E-state index is 13.3. The molecule has 0 N–H and O–H groups in total. The molecule has 4 aromatic rings. The van der Waals surface area contributed by atoms with Crippen molar-refractivity contribution in [3.63, 3.8) is 0 Å². The number of methoxy groups -OCH3 is 1. The molecular weight excluding hydrogens is 467 g/mol. The van der Waals surface area contributed by atoms with Crippen LogP contribution in [0.15, 0.2) is 78.9 Å². The Balaban J connectivity index is 1.44. The van der Waals surface area contributed by atoms with Crippen LogP contribution < -0.4 is 9.64 Å². The minimum atomic E-state index is -0.349. The number of piperazine rings is 1. The summed E-state index contributed by atoms with van der Waals surface area (Å²) in [6.07, 6.45) is 0.669. The molecule has 3 aromatic carbocycles. The molecule has 0 unspecified atom stereocenters. The van der Waals surface area contributed by atoms with Gasteiger partial charge in [0.1, 0.15) is 17.4 Å². The monoisotopic (exact) mass is 496 g/mol. The molecule has 0 aliphatic carbocycles. The lowest BCUT2D eigenvalue weighted by molar-refractivity contribution is 0.0746. The summed E-state index contributed by atoms with van der Waals surface area (Å²) in [5.74, 6) is 1.96. The molecule has 1 aliphatic rings. The van der Waals surface area contributed by atoms with Crippen LogP contribution in [-0.2, 0) is 6.42 Å². The SMILES string of the molecule is COc1cccc(Cc2c(C)nc(-c3ccccc3)nc2N2CCN(C(=O)c3ccc(F)cc3)CC2)c1. The highest BCUT2D eigenvalue weighted by Crippen LogP contribution is 2.29. The fourth-order valence-corrected chi connectivity index (χ4v) is 4.65. The quantitative estimate of drug-likeness (QED) is 0.369. The number of nitrogens with zero attached hydrogens (tertiary/aromatic N) is 4. The number of carbonyl (C=O) groups is 1. The number of ether oxygens (including phenoxy) is 1. The number of aromatic nitrogens is 2. The molecule has 2 heterocycles. The maximum Gasteiger partial charge on any atom is 0.253 e. The molecule has 0 radical (unpaired) electrons. The second-order valence-electron chi connectivity index (χ2n) is 9.12. The summed E-state index contributed by atoms with van der Waals surface area (Å²) in [7, 11) is 1.67. The number of hydrogen-bond acceptors (Lipinski definition) is 5. The Kier molecular flexibility index (Phi) is 7.12. The second-order valence-corrected chi connectivity index (χ2v) is 9.12. The third kappa shape index (κ3) is 5.45. The molecule has 1 amide bonds. The summed E-state index contributed by atoms with van der Waals surface area (Å²) in [4.78, 5) is 26.9. The molecule has 0 atom stereocenters. The number of anilines is 1. The van der Waals surface area contributed by atoms with Gasteiger partial charge in [0, 0.05) is 55.0 Å². The molecule has 37 heavy (non-hydrogen) atoms. The minimum absolute atomic E-state index is 0.0832. The average Bonchev–Trinajstić information content (AvgIpc) is 2.95. The highest BCUT2D eigenvalue weighted by atomic mass is 19.1. The number of hydrogen-bond donors (Lipinski definition) is 0. The van der Waals surface area contributed by atoms with E-state index in [9.17, 15) is 9.18 Å². The fraction of sp³-hybridized carbons (Fsp3) is 0.233. The molecule has 1 aromatic heterocycles. The Morgan fingerprint density at radius 1 is 0.919 bits per heavy atom. The highest BCUT2D eigenvalue weighted by molar-refractivity contribution is 5.94. The van der Waals surface area contributed by atoms with Gasteiger partial charge in [0.25, 0.3) is 5.91 Å². The van der Waals surface area contributed by atoms with Gasteiger partial charge in [0.05, 0.1) is 7.11 Å². The Morgan fingerprint density at radius 3 is 2.35 bits per heavy atom. The molecular formula is C30H29FN4O2. The van der Waals surface area contributed by atoms with Crippen LogP contribution in [0.25, 0.3) is 11.4 Å². The topological polar surface area (TPSA) is 58.6 Å². The molecule has 7 heteroatoms. The molecule has 1 fully saturated rings. The van der Waals surface area contributed by atoms with E-state index in [0.29, 0.717) is 44.0 Å². The number of aryl methyl sites for hydroxylation is 1. The van der Waals surface area contributed by atoms with Crippen molar-refractivity contribution < 1.29 is 13.9 Å². The smallest absolute Gasteiger partial charge is 0.253 e. The van der Waals surface area contributed by atoms with Gasteiger partial charge in [-0.05, 0) is 48.9 Å². The van der Waals surface area contributed by atoms with Gasteiger partial charge in [-0.15, -0.1) is 0 Å². The van der Waals surface area contributed by atoms with Crippen LogP contribution in [0.1, 0.15) is 27.2 Å². The van der Waals surface area contributed by atoms with Gasteiger partial charge in [-0.2, -0.15) is 0 Å². The van der Waals surface area contributed by atoms with E-state index in [4.69, 9.17) is 14.7 Å². The van der Waals surface area contributed by atoms with Crippen molar-refractivity contribution in [2.24, 2.45) is 0 Å². The Hall–Kier alpha value is -4.26. The number of carbonyl (C=O) groups excluding carboxylic acids is 1. The van der Waals surface area contributed by atoms with Gasteiger partial charge in [-0.1, -0.05) is 42.5 Å². The van der Waals surface area contributed by atoms with Crippen molar-refractivity contribution in [3.05, 3.63) is 107 Å². The van der Waals surface area contributed by atoms with Crippen LogP contribution in [0.5, 0.6) is 5.75 Å². The van der Waals surface area contributed by atoms with Crippen molar-refractivity contribution >= 4 is 11.7 Å². The van der Waals surface area contributed by atoms with E-state index < -0.39 is 0 Å². The lowest BCUT2D eigenvalue weighted by Crippen LogP contribution is -2.49. The standard InChI is InChI=1S/C30H29FN4O2/c1-21-27(20-22-7-6-10-26(19-22)37-2)29(33-28(32-21)23-8-4-3-5-9-23)34-15-17-35(18-16-34)30(36)24-11-13-25(31)14-12-24/h3-14,19H,15-18,20H2,1-2H3.